The molecule has 3 rings (SSSR count). The molecule has 0 aliphatic heterocycles. The van der Waals surface area contributed by atoms with Gasteiger partial charge in [0.25, 0.3) is 0 Å². The predicted molar refractivity (Wildman–Crippen MR) is 91.5 cm³/mol. The van der Waals surface area contributed by atoms with E-state index in [1.54, 1.807) is 30.4 Å². The largest absolute Gasteiger partial charge is 0.340 e. The Hall–Kier alpha value is -1.98. The molecule has 0 fully saturated rings. The highest BCUT2D eigenvalue weighted by Gasteiger charge is 2.11. The summed E-state index contributed by atoms with van der Waals surface area (Å²) in [7, 11) is 0. The Labute approximate surface area is 137 Å². The van der Waals surface area contributed by atoms with Crippen LogP contribution < -0.4 is 5.32 Å². The van der Waals surface area contributed by atoms with E-state index in [-0.39, 0.29) is 11.1 Å². The maximum absolute atomic E-state index is 11.5. The SMILES string of the molecule is CCc1cc2c(Nc3cccc(C(C)=O)c3)nc(Cl)nc2s1. The van der Waals surface area contributed by atoms with E-state index in [2.05, 4.69) is 28.3 Å². The molecule has 0 saturated carbocycles. The number of halogens is 1. The number of hydrogen-bond donors (Lipinski definition) is 1. The molecule has 0 aliphatic carbocycles. The van der Waals surface area contributed by atoms with Crippen molar-refractivity contribution in [3.8, 4) is 0 Å². The molecule has 0 radical (unpaired) electrons. The van der Waals surface area contributed by atoms with E-state index in [1.807, 2.05) is 12.1 Å². The van der Waals surface area contributed by atoms with E-state index in [4.69, 9.17) is 11.6 Å². The van der Waals surface area contributed by atoms with Crippen LogP contribution in [0.25, 0.3) is 10.2 Å². The molecule has 0 aliphatic rings. The molecular weight excluding hydrogens is 318 g/mol. The van der Waals surface area contributed by atoms with Gasteiger partial charge in [-0.25, -0.2) is 4.98 Å². The standard InChI is InChI=1S/C16H14ClN3OS/c1-3-12-8-13-14(19-16(17)20-15(13)22-12)18-11-6-4-5-10(7-11)9(2)21/h4-8H,3H2,1-2H3,(H,18,19,20). The zero-order chi connectivity index (χ0) is 15.7. The zero-order valence-electron chi connectivity index (χ0n) is 12.2. The number of aryl methyl sites for hydroxylation is 1. The van der Waals surface area contributed by atoms with E-state index in [1.165, 1.54) is 4.88 Å². The average Bonchev–Trinajstić information content (AvgIpc) is 2.90. The van der Waals surface area contributed by atoms with Crippen molar-refractivity contribution < 1.29 is 4.79 Å². The number of nitrogens with one attached hydrogen (secondary N) is 1. The number of ketones is 1. The fraction of sp³-hybridized carbons (Fsp3) is 0.188. The number of hydrogen-bond acceptors (Lipinski definition) is 5. The van der Waals surface area contributed by atoms with Crippen LogP contribution in [0.15, 0.2) is 30.3 Å². The number of thiophene rings is 1. The minimum absolute atomic E-state index is 0.0262. The van der Waals surface area contributed by atoms with Crippen molar-refractivity contribution in [2.24, 2.45) is 0 Å². The second-order valence-corrected chi connectivity index (χ2v) is 6.34. The van der Waals surface area contributed by atoms with Gasteiger partial charge in [-0.05, 0) is 43.1 Å². The lowest BCUT2D eigenvalue weighted by Crippen LogP contribution is -1.98. The summed E-state index contributed by atoms with van der Waals surface area (Å²) in [5, 5.41) is 4.39. The van der Waals surface area contributed by atoms with Gasteiger partial charge in [-0.15, -0.1) is 11.3 Å². The Bertz CT molecular complexity index is 860. The molecule has 1 aromatic carbocycles. The number of nitrogens with zero attached hydrogens (tertiary/aromatic N) is 2. The van der Waals surface area contributed by atoms with Crippen LogP contribution in [0.4, 0.5) is 11.5 Å². The summed E-state index contributed by atoms with van der Waals surface area (Å²) in [6.07, 6.45) is 0.942. The third-order valence-corrected chi connectivity index (χ3v) is 4.64. The van der Waals surface area contributed by atoms with Gasteiger partial charge in [0.05, 0.1) is 5.39 Å². The molecule has 1 N–H and O–H groups in total. The normalized spacial score (nSPS) is 10.9. The number of benzene rings is 1. The van der Waals surface area contributed by atoms with Crippen LogP contribution in [0.5, 0.6) is 0 Å². The Kier molecular flexibility index (Phi) is 4.09. The highest BCUT2D eigenvalue weighted by molar-refractivity contribution is 7.18. The Morgan fingerprint density at radius 1 is 1.32 bits per heavy atom. The van der Waals surface area contributed by atoms with Gasteiger partial charge in [0.15, 0.2) is 5.78 Å². The number of carbonyl (C=O) groups is 1. The molecule has 0 spiro atoms. The molecule has 0 atom stereocenters. The maximum Gasteiger partial charge on any atom is 0.225 e. The van der Waals surface area contributed by atoms with Crippen LogP contribution in [-0.4, -0.2) is 15.8 Å². The smallest absolute Gasteiger partial charge is 0.225 e. The second-order valence-electron chi connectivity index (χ2n) is 4.89. The highest BCUT2D eigenvalue weighted by atomic mass is 35.5. The zero-order valence-corrected chi connectivity index (χ0v) is 13.8. The Morgan fingerprint density at radius 3 is 2.86 bits per heavy atom. The van der Waals surface area contributed by atoms with Crippen molar-refractivity contribution in [3.63, 3.8) is 0 Å². The van der Waals surface area contributed by atoms with Gasteiger partial charge < -0.3 is 5.32 Å². The van der Waals surface area contributed by atoms with E-state index in [9.17, 15) is 4.79 Å². The molecule has 0 amide bonds. The topological polar surface area (TPSA) is 54.9 Å². The number of rotatable bonds is 4. The summed E-state index contributed by atoms with van der Waals surface area (Å²) in [4.78, 5) is 22.1. The first kappa shape index (κ1) is 14.9. The minimum atomic E-state index is 0.0262. The quantitative estimate of drug-likeness (QED) is 0.548. The van der Waals surface area contributed by atoms with Gasteiger partial charge in [-0.1, -0.05) is 19.1 Å². The van der Waals surface area contributed by atoms with Crippen LogP contribution in [0.2, 0.25) is 5.28 Å². The first-order valence-corrected chi connectivity index (χ1v) is 8.10. The van der Waals surface area contributed by atoms with E-state index < -0.39 is 0 Å². The van der Waals surface area contributed by atoms with Crippen molar-refractivity contribution in [1.82, 2.24) is 9.97 Å². The number of aromatic nitrogens is 2. The number of fused-ring (bicyclic) bond motifs is 1. The lowest BCUT2D eigenvalue weighted by atomic mass is 10.1. The molecular formula is C16H14ClN3OS. The summed E-state index contributed by atoms with van der Waals surface area (Å²) in [6, 6.07) is 9.39. The van der Waals surface area contributed by atoms with Gasteiger partial charge in [0.2, 0.25) is 5.28 Å². The second kappa shape index (κ2) is 6.02. The van der Waals surface area contributed by atoms with Crippen LogP contribution in [0.3, 0.4) is 0 Å². The minimum Gasteiger partial charge on any atom is -0.340 e. The first-order valence-electron chi connectivity index (χ1n) is 6.91. The predicted octanol–water partition coefficient (Wildman–Crippen LogP) is 4.85. The van der Waals surface area contributed by atoms with Crippen molar-refractivity contribution in [2.75, 3.05) is 5.32 Å². The van der Waals surface area contributed by atoms with Gasteiger partial charge in [0.1, 0.15) is 10.6 Å². The van der Waals surface area contributed by atoms with Crippen molar-refractivity contribution in [2.45, 2.75) is 20.3 Å². The number of Topliss-reactive ketones (excluding diaryl/α,β-unsaturated/α-hetero) is 1. The van der Waals surface area contributed by atoms with Crippen LogP contribution in [0.1, 0.15) is 29.1 Å². The lowest BCUT2D eigenvalue weighted by molar-refractivity contribution is 0.101. The van der Waals surface area contributed by atoms with E-state index >= 15 is 0 Å². The highest BCUT2D eigenvalue weighted by Crippen LogP contribution is 2.32. The molecule has 112 valence electrons. The molecule has 3 aromatic rings. The summed E-state index contributed by atoms with van der Waals surface area (Å²) >= 11 is 7.63. The average molecular weight is 332 g/mol. The summed E-state index contributed by atoms with van der Waals surface area (Å²) in [5.41, 5.74) is 1.45. The first-order chi connectivity index (χ1) is 10.6. The van der Waals surface area contributed by atoms with Crippen molar-refractivity contribution in [3.05, 3.63) is 46.1 Å². The Morgan fingerprint density at radius 2 is 2.14 bits per heavy atom. The molecule has 22 heavy (non-hydrogen) atoms. The van der Waals surface area contributed by atoms with E-state index in [0.717, 1.165) is 22.3 Å². The number of anilines is 2. The molecule has 4 nitrogen and oxygen atoms in total. The monoisotopic (exact) mass is 331 g/mol. The van der Waals surface area contributed by atoms with E-state index in [0.29, 0.717) is 11.4 Å². The third kappa shape index (κ3) is 2.96. The summed E-state index contributed by atoms with van der Waals surface area (Å²) in [6.45, 7) is 3.65. The van der Waals surface area contributed by atoms with Gasteiger partial charge in [0, 0.05) is 16.1 Å². The molecule has 0 unspecified atom stereocenters. The molecule has 0 bridgehead atoms. The number of carbonyl (C=O) groups excluding carboxylic acids is 1. The van der Waals surface area contributed by atoms with Gasteiger partial charge in [-0.3, -0.25) is 4.79 Å². The van der Waals surface area contributed by atoms with Crippen LogP contribution in [0, 0.1) is 0 Å². The van der Waals surface area contributed by atoms with Crippen LogP contribution in [-0.2, 0) is 6.42 Å². The van der Waals surface area contributed by atoms with Crippen molar-refractivity contribution >= 4 is 50.4 Å². The lowest BCUT2D eigenvalue weighted by Gasteiger charge is -2.08. The summed E-state index contributed by atoms with van der Waals surface area (Å²) in [5.74, 6) is 0.685. The molecule has 6 heteroatoms. The summed E-state index contributed by atoms with van der Waals surface area (Å²) < 4.78 is 0. The van der Waals surface area contributed by atoms with Crippen LogP contribution >= 0.6 is 22.9 Å². The third-order valence-electron chi connectivity index (χ3n) is 3.30. The maximum atomic E-state index is 11.5. The molecule has 2 aromatic heterocycles. The fourth-order valence-corrected chi connectivity index (χ4v) is 3.35. The molecule has 0 saturated heterocycles. The molecule has 2 heterocycles. The fourth-order valence-electron chi connectivity index (χ4n) is 2.17. The van der Waals surface area contributed by atoms with Crippen molar-refractivity contribution in [1.29, 1.82) is 0 Å². The Balaban J connectivity index is 2.04. The van der Waals surface area contributed by atoms with Gasteiger partial charge >= 0.3 is 0 Å². The van der Waals surface area contributed by atoms with Gasteiger partial charge in [-0.2, -0.15) is 4.98 Å².